The summed E-state index contributed by atoms with van der Waals surface area (Å²) in [7, 11) is 1.29. The summed E-state index contributed by atoms with van der Waals surface area (Å²) in [4.78, 5) is 24.3. The lowest BCUT2D eigenvalue weighted by molar-refractivity contribution is -0.143. The van der Waals surface area contributed by atoms with Gasteiger partial charge in [0.05, 0.1) is 7.11 Å². The van der Waals surface area contributed by atoms with Crippen LogP contribution in [0.25, 0.3) is 0 Å². The SMILES string of the molecule is COC(=O)[C@H](Cc1cccs1)NC(=O)OC(C)(C)C. The number of amides is 1. The van der Waals surface area contributed by atoms with Gasteiger partial charge in [0.2, 0.25) is 0 Å². The molecule has 1 aromatic heterocycles. The van der Waals surface area contributed by atoms with Crippen molar-refractivity contribution in [3.8, 4) is 0 Å². The van der Waals surface area contributed by atoms with Gasteiger partial charge in [-0.05, 0) is 32.2 Å². The largest absolute Gasteiger partial charge is 0.467 e. The van der Waals surface area contributed by atoms with Crippen molar-refractivity contribution >= 4 is 23.4 Å². The highest BCUT2D eigenvalue weighted by atomic mass is 32.1. The van der Waals surface area contributed by atoms with Crippen molar-refractivity contribution in [1.29, 1.82) is 0 Å². The van der Waals surface area contributed by atoms with E-state index in [-0.39, 0.29) is 0 Å². The smallest absolute Gasteiger partial charge is 0.408 e. The van der Waals surface area contributed by atoms with Crippen molar-refractivity contribution < 1.29 is 19.1 Å². The molecule has 6 heteroatoms. The fourth-order valence-corrected chi connectivity index (χ4v) is 2.17. The van der Waals surface area contributed by atoms with Crippen LogP contribution in [-0.2, 0) is 20.7 Å². The third kappa shape index (κ3) is 5.74. The molecular weight excluding hydrogens is 266 g/mol. The van der Waals surface area contributed by atoms with Crippen LogP contribution in [0.4, 0.5) is 4.79 Å². The Morgan fingerprint density at radius 1 is 1.42 bits per heavy atom. The lowest BCUT2D eigenvalue weighted by atomic mass is 10.2. The van der Waals surface area contributed by atoms with Crippen molar-refractivity contribution in [3.05, 3.63) is 22.4 Å². The molecule has 0 aliphatic rings. The number of ether oxygens (including phenoxy) is 2. The second kappa shape index (κ2) is 6.56. The number of thiophene rings is 1. The van der Waals surface area contributed by atoms with Crippen molar-refractivity contribution in [3.63, 3.8) is 0 Å². The van der Waals surface area contributed by atoms with E-state index in [2.05, 4.69) is 10.1 Å². The van der Waals surface area contributed by atoms with Gasteiger partial charge in [-0.25, -0.2) is 9.59 Å². The second-order valence-corrected chi connectivity index (χ2v) is 6.04. The predicted octanol–water partition coefficient (Wildman–Crippen LogP) is 2.36. The van der Waals surface area contributed by atoms with Crippen LogP contribution >= 0.6 is 11.3 Å². The number of carbonyl (C=O) groups excluding carboxylic acids is 2. The van der Waals surface area contributed by atoms with Gasteiger partial charge in [-0.2, -0.15) is 0 Å². The molecule has 0 aromatic carbocycles. The van der Waals surface area contributed by atoms with E-state index in [9.17, 15) is 9.59 Å². The van der Waals surface area contributed by atoms with Crippen LogP contribution in [0.15, 0.2) is 17.5 Å². The number of alkyl carbamates (subject to hydrolysis) is 1. The Kier molecular flexibility index (Phi) is 5.35. The molecule has 1 atom stereocenters. The molecule has 1 heterocycles. The van der Waals surface area contributed by atoms with Crippen LogP contribution in [0.3, 0.4) is 0 Å². The first kappa shape index (κ1) is 15.5. The zero-order valence-electron chi connectivity index (χ0n) is 11.6. The van der Waals surface area contributed by atoms with Crippen LogP contribution in [0, 0.1) is 0 Å². The summed E-state index contributed by atoms with van der Waals surface area (Å²) < 4.78 is 9.82. The Morgan fingerprint density at radius 2 is 2.11 bits per heavy atom. The number of methoxy groups -OCH3 is 1. The third-order valence-electron chi connectivity index (χ3n) is 2.16. The number of carbonyl (C=O) groups is 2. The van der Waals surface area contributed by atoms with E-state index in [1.165, 1.54) is 18.4 Å². The van der Waals surface area contributed by atoms with E-state index < -0.39 is 23.7 Å². The van der Waals surface area contributed by atoms with Gasteiger partial charge in [0.15, 0.2) is 0 Å². The summed E-state index contributed by atoms with van der Waals surface area (Å²) >= 11 is 1.52. The zero-order valence-corrected chi connectivity index (χ0v) is 12.4. The van der Waals surface area contributed by atoms with Gasteiger partial charge >= 0.3 is 12.1 Å². The molecule has 1 amide bonds. The molecular formula is C13H19NO4S. The van der Waals surface area contributed by atoms with Gasteiger partial charge in [0.25, 0.3) is 0 Å². The minimum Gasteiger partial charge on any atom is -0.467 e. The zero-order chi connectivity index (χ0) is 14.5. The Hall–Kier alpha value is -1.56. The maximum atomic E-state index is 11.7. The quantitative estimate of drug-likeness (QED) is 0.863. The minimum atomic E-state index is -0.738. The lowest BCUT2D eigenvalue weighted by Crippen LogP contribution is -2.45. The fourth-order valence-electron chi connectivity index (χ4n) is 1.42. The molecule has 5 nitrogen and oxygen atoms in total. The van der Waals surface area contributed by atoms with Gasteiger partial charge in [0.1, 0.15) is 11.6 Å². The summed E-state index contributed by atoms with van der Waals surface area (Å²) in [5.41, 5.74) is -0.603. The second-order valence-electron chi connectivity index (χ2n) is 5.01. The van der Waals surface area contributed by atoms with Crippen molar-refractivity contribution in [1.82, 2.24) is 5.32 Å². The highest BCUT2D eigenvalue weighted by Gasteiger charge is 2.25. The Bertz CT molecular complexity index is 422. The topological polar surface area (TPSA) is 64.6 Å². The molecule has 106 valence electrons. The average Bonchev–Trinajstić information content (AvgIpc) is 2.77. The molecule has 0 aliphatic carbocycles. The monoisotopic (exact) mass is 285 g/mol. The molecule has 0 radical (unpaired) electrons. The van der Waals surface area contributed by atoms with Crippen molar-refractivity contribution in [2.45, 2.75) is 38.8 Å². The molecule has 1 N–H and O–H groups in total. The summed E-state index contributed by atoms with van der Waals surface area (Å²) in [6, 6.07) is 3.05. The van der Waals surface area contributed by atoms with E-state index >= 15 is 0 Å². The maximum absolute atomic E-state index is 11.7. The molecule has 1 rings (SSSR count). The van der Waals surface area contributed by atoms with Gasteiger partial charge < -0.3 is 14.8 Å². The van der Waals surface area contributed by atoms with E-state index in [0.29, 0.717) is 6.42 Å². The molecule has 0 saturated heterocycles. The number of hydrogen-bond donors (Lipinski definition) is 1. The number of hydrogen-bond acceptors (Lipinski definition) is 5. The van der Waals surface area contributed by atoms with E-state index in [1.54, 1.807) is 20.8 Å². The van der Waals surface area contributed by atoms with Gasteiger partial charge in [0, 0.05) is 11.3 Å². The first-order valence-electron chi connectivity index (χ1n) is 5.91. The molecule has 0 spiro atoms. The molecule has 0 unspecified atom stereocenters. The molecule has 1 aromatic rings. The van der Waals surface area contributed by atoms with Crippen LogP contribution in [0.2, 0.25) is 0 Å². The van der Waals surface area contributed by atoms with E-state index in [4.69, 9.17) is 4.74 Å². The predicted molar refractivity (Wildman–Crippen MR) is 73.2 cm³/mol. The van der Waals surface area contributed by atoms with Crippen LogP contribution < -0.4 is 5.32 Å². The summed E-state index contributed by atoms with van der Waals surface area (Å²) in [5.74, 6) is -0.487. The highest BCUT2D eigenvalue weighted by molar-refractivity contribution is 7.09. The van der Waals surface area contributed by atoms with Crippen LogP contribution in [0.1, 0.15) is 25.6 Å². The first-order chi connectivity index (χ1) is 8.81. The number of nitrogens with one attached hydrogen (secondary N) is 1. The van der Waals surface area contributed by atoms with Crippen LogP contribution in [0.5, 0.6) is 0 Å². The molecule has 0 saturated carbocycles. The molecule has 0 bridgehead atoms. The van der Waals surface area contributed by atoms with Crippen LogP contribution in [-0.4, -0.2) is 30.8 Å². The number of rotatable bonds is 4. The normalized spacial score (nSPS) is 12.6. The Balaban J connectivity index is 2.65. The fraction of sp³-hybridized carbons (Fsp3) is 0.538. The standard InChI is InChI=1S/C13H19NO4S/c1-13(2,3)18-12(16)14-10(11(15)17-4)8-9-6-5-7-19-9/h5-7,10H,8H2,1-4H3,(H,14,16)/t10-/m0/s1. The third-order valence-corrected chi connectivity index (χ3v) is 3.06. The molecule has 0 fully saturated rings. The van der Waals surface area contributed by atoms with Gasteiger partial charge in [-0.15, -0.1) is 11.3 Å². The lowest BCUT2D eigenvalue weighted by Gasteiger charge is -2.22. The van der Waals surface area contributed by atoms with Crippen molar-refractivity contribution in [2.24, 2.45) is 0 Å². The summed E-state index contributed by atoms with van der Waals surface area (Å²) in [6.45, 7) is 5.29. The summed E-state index contributed by atoms with van der Waals surface area (Å²) in [5, 5.41) is 4.45. The van der Waals surface area contributed by atoms with Crippen molar-refractivity contribution in [2.75, 3.05) is 7.11 Å². The Labute approximate surface area is 116 Å². The highest BCUT2D eigenvalue weighted by Crippen LogP contribution is 2.13. The number of esters is 1. The van der Waals surface area contributed by atoms with Gasteiger partial charge in [-0.1, -0.05) is 6.07 Å². The molecule has 0 aliphatic heterocycles. The minimum absolute atomic E-state index is 0.392. The summed E-state index contributed by atoms with van der Waals surface area (Å²) in [6.07, 6.45) is -0.233. The average molecular weight is 285 g/mol. The van der Waals surface area contributed by atoms with Gasteiger partial charge in [-0.3, -0.25) is 0 Å². The Morgan fingerprint density at radius 3 is 2.58 bits per heavy atom. The van der Waals surface area contributed by atoms with E-state index in [1.807, 2.05) is 17.5 Å². The molecule has 19 heavy (non-hydrogen) atoms. The van der Waals surface area contributed by atoms with E-state index in [0.717, 1.165) is 4.88 Å². The first-order valence-corrected chi connectivity index (χ1v) is 6.79. The maximum Gasteiger partial charge on any atom is 0.408 e.